The van der Waals surface area contributed by atoms with Gasteiger partial charge in [0, 0.05) is 21.5 Å². The van der Waals surface area contributed by atoms with Crippen LogP contribution in [0.2, 0.25) is 4.34 Å². The largest absolute Gasteiger partial charge is 0.390 e. The summed E-state index contributed by atoms with van der Waals surface area (Å²) in [7, 11) is 0. The Labute approximate surface area is 138 Å². The van der Waals surface area contributed by atoms with Gasteiger partial charge in [-0.25, -0.2) is 0 Å². The molecule has 1 spiro atoms. The Balaban J connectivity index is 1.76. The molecule has 1 N–H and O–H groups in total. The Morgan fingerprint density at radius 3 is 3.10 bits per heavy atom. The molecule has 4 heteroatoms. The van der Waals surface area contributed by atoms with Gasteiger partial charge in [-0.1, -0.05) is 17.2 Å². The highest BCUT2D eigenvalue weighted by Crippen LogP contribution is 2.72. The van der Waals surface area contributed by atoms with Gasteiger partial charge in [-0.05, 0) is 62.0 Å². The maximum atomic E-state index is 11.0. The summed E-state index contributed by atoms with van der Waals surface area (Å²) in [6, 6.07) is 2.19. The highest BCUT2D eigenvalue weighted by Gasteiger charge is 2.64. The third-order valence-electron chi connectivity index (χ3n) is 6.40. The highest BCUT2D eigenvalue weighted by molar-refractivity contribution is 8.04. The molecule has 2 bridgehead atoms. The van der Waals surface area contributed by atoms with Crippen LogP contribution >= 0.6 is 34.7 Å². The van der Waals surface area contributed by atoms with E-state index in [2.05, 4.69) is 24.8 Å². The topological polar surface area (TPSA) is 20.2 Å². The van der Waals surface area contributed by atoms with Crippen molar-refractivity contribution in [2.75, 3.05) is 0 Å². The van der Waals surface area contributed by atoms with Crippen molar-refractivity contribution >= 4 is 34.7 Å². The van der Waals surface area contributed by atoms with Crippen LogP contribution in [-0.4, -0.2) is 16.0 Å². The van der Waals surface area contributed by atoms with E-state index in [-0.39, 0.29) is 0 Å². The second-order valence-corrected chi connectivity index (χ2v) is 10.5. The zero-order chi connectivity index (χ0) is 14.4. The summed E-state index contributed by atoms with van der Waals surface area (Å²) in [5, 5.41) is 11.8. The molecule has 1 aromatic heterocycles. The van der Waals surface area contributed by atoms with Gasteiger partial charge >= 0.3 is 0 Å². The van der Waals surface area contributed by atoms with Crippen molar-refractivity contribution < 1.29 is 5.11 Å². The molecule has 0 saturated heterocycles. The predicted molar refractivity (Wildman–Crippen MR) is 90.3 cm³/mol. The van der Waals surface area contributed by atoms with Crippen LogP contribution in [0.25, 0.3) is 0 Å². The van der Waals surface area contributed by atoms with E-state index in [1.165, 1.54) is 28.2 Å². The third-order valence-corrected chi connectivity index (χ3v) is 9.36. The summed E-state index contributed by atoms with van der Waals surface area (Å²) in [5.74, 6) is 0.505. The monoisotopic (exact) mass is 338 g/mol. The Morgan fingerprint density at radius 1 is 1.38 bits per heavy atom. The lowest BCUT2D eigenvalue weighted by atomic mass is 9.49. The average Bonchev–Trinajstić information content (AvgIpc) is 2.91. The van der Waals surface area contributed by atoms with Gasteiger partial charge < -0.3 is 5.11 Å². The molecule has 21 heavy (non-hydrogen) atoms. The van der Waals surface area contributed by atoms with Gasteiger partial charge in [0.2, 0.25) is 0 Å². The van der Waals surface area contributed by atoms with Crippen LogP contribution in [0.4, 0.5) is 0 Å². The molecule has 6 rings (SSSR count). The fourth-order valence-corrected chi connectivity index (χ4v) is 8.76. The standard InChI is InChI=1S/C17H19ClOS2/c1-9-11-7-16(19)4-5-17(11)12(8-16)15-10(6-14(18)21-15)2-3-13(17)20-9/h6,12-13,19H,2-5,7-8H2,1H3. The van der Waals surface area contributed by atoms with E-state index in [9.17, 15) is 5.11 Å². The summed E-state index contributed by atoms with van der Waals surface area (Å²) in [4.78, 5) is 3.00. The molecule has 3 fully saturated rings. The maximum Gasteiger partial charge on any atom is 0.0934 e. The number of thiophene rings is 1. The molecule has 3 saturated carbocycles. The first-order chi connectivity index (χ1) is 10.0. The number of rotatable bonds is 0. The molecule has 0 amide bonds. The summed E-state index contributed by atoms with van der Waals surface area (Å²) in [5.41, 5.74) is 2.93. The fourth-order valence-electron chi connectivity index (χ4n) is 5.54. The Hall–Kier alpha value is 0.0400. The second-order valence-electron chi connectivity index (χ2n) is 7.32. The van der Waals surface area contributed by atoms with Crippen molar-refractivity contribution in [1.82, 2.24) is 0 Å². The lowest BCUT2D eigenvalue weighted by molar-refractivity contribution is -0.0707. The van der Waals surface area contributed by atoms with Crippen LogP contribution in [0.3, 0.4) is 0 Å². The third kappa shape index (κ3) is 1.59. The van der Waals surface area contributed by atoms with E-state index in [0.29, 0.717) is 11.3 Å². The van der Waals surface area contributed by atoms with E-state index in [1.807, 2.05) is 0 Å². The van der Waals surface area contributed by atoms with Crippen LogP contribution in [0.5, 0.6) is 0 Å². The van der Waals surface area contributed by atoms with Crippen molar-refractivity contribution in [1.29, 1.82) is 0 Å². The molecular formula is C17H19ClOS2. The first-order valence-corrected chi connectivity index (χ1v) is 9.97. The maximum absolute atomic E-state index is 11.0. The predicted octanol–water partition coefficient (Wildman–Crippen LogP) is 5.13. The number of hydrogen-bond acceptors (Lipinski definition) is 3. The quantitative estimate of drug-likeness (QED) is 0.708. The summed E-state index contributed by atoms with van der Waals surface area (Å²) in [6.07, 6.45) is 6.46. The molecular weight excluding hydrogens is 320 g/mol. The second kappa shape index (κ2) is 4.11. The normalized spacial score (nSPS) is 43.8. The van der Waals surface area contributed by atoms with Gasteiger partial charge in [-0.3, -0.25) is 0 Å². The van der Waals surface area contributed by atoms with Crippen LogP contribution < -0.4 is 0 Å². The van der Waals surface area contributed by atoms with Gasteiger partial charge in [0.25, 0.3) is 0 Å². The first-order valence-electron chi connectivity index (χ1n) is 7.89. The van der Waals surface area contributed by atoms with Gasteiger partial charge in [-0.15, -0.1) is 23.1 Å². The Kier molecular flexibility index (Phi) is 2.64. The van der Waals surface area contributed by atoms with Crippen LogP contribution in [0.1, 0.15) is 55.4 Å². The number of allylic oxidation sites excluding steroid dienone is 1. The van der Waals surface area contributed by atoms with Crippen LogP contribution in [0, 0.1) is 5.41 Å². The van der Waals surface area contributed by atoms with Crippen LogP contribution in [0.15, 0.2) is 16.5 Å². The number of halogens is 1. The zero-order valence-corrected chi connectivity index (χ0v) is 14.5. The summed E-state index contributed by atoms with van der Waals surface area (Å²) in [6.45, 7) is 2.28. The lowest BCUT2D eigenvalue weighted by Crippen LogP contribution is -2.54. The van der Waals surface area contributed by atoms with E-state index < -0.39 is 5.60 Å². The highest BCUT2D eigenvalue weighted by atomic mass is 35.5. The van der Waals surface area contributed by atoms with Crippen molar-refractivity contribution in [3.8, 4) is 0 Å². The van der Waals surface area contributed by atoms with E-state index in [4.69, 9.17) is 11.6 Å². The van der Waals surface area contributed by atoms with Crippen LogP contribution in [-0.2, 0) is 6.42 Å². The molecule has 0 radical (unpaired) electrons. The number of hydrogen-bond donors (Lipinski definition) is 1. The van der Waals surface area contributed by atoms with E-state index in [1.54, 1.807) is 16.9 Å². The van der Waals surface area contributed by atoms with Gasteiger partial charge in [0.1, 0.15) is 0 Å². The van der Waals surface area contributed by atoms with Crippen molar-refractivity contribution in [3.63, 3.8) is 0 Å². The minimum absolute atomic E-state index is 0.332. The molecule has 1 nitrogen and oxygen atoms in total. The van der Waals surface area contributed by atoms with Gasteiger partial charge in [0.15, 0.2) is 0 Å². The molecule has 4 aliphatic carbocycles. The minimum atomic E-state index is -0.462. The summed E-state index contributed by atoms with van der Waals surface area (Å²) >= 11 is 10.2. The number of aryl methyl sites for hydroxylation is 1. The SMILES string of the molecule is CC1=C2CC3(O)CCC24C(CCc2cc(Cl)sc2C4C3)S1. The van der Waals surface area contributed by atoms with E-state index >= 15 is 0 Å². The smallest absolute Gasteiger partial charge is 0.0934 e. The number of aliphatic hydroxyl groups is 1. The van der Waals surface area contributed by atoms with Crippen molar-refractivity contribution in [2.45, 2.75) is 62.2 Å². The van der Waals surface area contributed by atoms with Gasteiger partial charge in [-0.2, -0.15) is 0 Å². The minimum Gasteiger partial charge on any atom is -0.390 e. The van der Waals surface area contributed by atoms with Gasteiger partial charge in [0.05, 0.1) is 9.94 Å². The van der Waals surface area contributed by atoms with E-state index in [0.717, 1.165) is 35.3 Å². The molecule has 4 atom stereocenters. The Morgan fingerprint density at radius 2 is 2.24 bits per heavy atom. The molecule has 1 aromatic rings. The lowest BCUT2D eigenvalue weighted by Gasteiger charge is -2.57. The molecule has 4 unspecified atom stereocenters. The Bertz CT molecular complexity index is 678. The average molecular weight is 339 g/mol. The first kappa shape index (κ1) is 13.5. The number of thioether (sulfide) groups is 1. The molecule has 112 valence electrons. The van der Waals surface area contributed by atoms with Crippen molar-refractivity contribution in [2.24, 2.45) is 5.41 Å². The molecule has 5 aliphatic rings. The fraction of sp³-hybridized carbons (Fsp3) is 0.647. The zero-order valence-electron chi connectivity index (χ0n) is 12.1. The number of fused-ring (bicyclic) bond motifs is 2. The summed E-state index contributed by atoms with van der Waals surface area (Å²) < 4.78 is 0.927. The molecule has 0 aromatic carbocycles. The molecule has 2 heterocycles. The molecule has 1 aliphatic heterocycles. The van der Waals surface area contributed by atoms with Crippen molar-refractivity contribution in [3.05, 3.63) is 31.3 Å².